The van der Waals surface area contributed by atoms with E-state index in [4.69, 9.17) is 9.15 Å². The van der Waals surface area contributed by atoms with Crippen LogP contribution >= 0.6 is 0 Å². The van der Waals surface area contributed by atoms with E-state index < -0.39 is 5.97 Å². The molecule has 0 saturated heterocycles. The van der Waals surface area contributed by atoms with Crippen molar-refractivity contribution in [2.24, 2.45) is 0 Å². The molecule has 0 N–H and O–H groups in total. The van der Waals surface area contributed by atoms with E-state index >= 15 is 0 Å². The third kappa shape index (κ3) is 3.53. The summed E-state index contributed by atoms with van der Waals surface area (Å²) in [6.07, 6.45) is 2.96. The lowest BCUT2D eigenvalue weighted by Crippen LogP contribution is -2.05. The molecule has 0 fully saturated rings. The molecule has 4 nitrogen and oxygen atoms in total. The Balaban J connectivity index is 2.43. The highest BCUT2D eigenvalue weighted by Gasteiger charge is 2.14. The zero-order chi connectivity index (χ0) is 12.0. The van der Waals surface area contributed by atoms with Crippen LogP contribution in [0, 0.1) is 0 Å². The van der Waals surface area contributed by atoms with Gasteiger partial charge in [-0.25, -0.2) is 4.79 Å². The van der Waals surface area contributed by atoms with Gasteiger partial charge in [-0.3, -0.25) is 4.79 Å². The number of esters is 1. The third-order valence-corrected chi connectivity index (χ3v) is 2.14. The van der Waals surface area contributed by atoms with Gasteiger partial charge in [-0.1, -0.05) is 19.8 Å². The Morgan fingerprint density at radius 3 is 2.50 bits per heavy atom. The maximum absolute atomic E-state index is 11.4. The fourth-order valence-electron chi connectivity index (χ4n) is 1.22. The molecule has 16 heavy (non-hydrogen) atoms. The molecule has 0 atom stereocenters. The van der Waals surface area contributed by atoms with Crippen molar-refractivity contribution in [1.29, 1.82) is 0 Å². The molecular weight excluding hydrogens is 208 g/mol. The van der Waals surface area contributed by atoms with E-state index in [2.05, 4.69) is 6.92 Å². The SMILES string of the molecule is CCCCCOC(=O)c1ccc(C(C)=O)o1. The van der Waals surface area contributed by atoms with E-state index in [0.29, 0.717) is 6.61 Å². The van der Waals surface area contributed by atoms with Crippen LogP contribution in [0.3, 0.4) is 0 Å². The van der Waals surface area contributed by atoms with Crippen LogP contribution in [0.15, 0.2) is 16.5 Å². The van der Waals surface area contributed by atoms with E-state index in [0.717, 1.165) is 19.3 Å². The lowest BCUT2D eigenvalue weighted by Gasteiger charge is -2.01. The van der Waals surface area contributed by atoms with Crippen molar-refractivity contribution < 1.29 is 18.7 Å². The van der Waals surface area contributed by atoms with Crippen LogP contribution in [0.4, 0.5) is 0 Å². The Kier molecular flexibility index (Phi) is 4.76. The predicted octanol–water partition coefficient (Wildman–Crippen LogP) is 2.83. The molecule has 0 saturated carbocycles. The molecule has 4 heteroatoms. The summed E-state index contributed by atoms with van der Waals surface area (Å²) in [4.78, 5) is 22.4. The van der Waals surface area contributed by atoms with Gasteiger partial charge < -0.3 is 9.15 Å². The molecule has 1 aromatic rings. The minimum Gasteiger partial charge on any atom is -0.460 e. The van der Waals surface area contributed by atoms with Crippen LogP contribution in [0.5, 0.6) is 0 Å². The van der Waals surface area contributed by atoms with E-state index in [1.165, 1.54) is 19.1 Å². The maximum atomic E-state index is 11.4. The second-order valence-corrected chi connectivity index (χ2v) is 3.56. The summed E-state index contributed by atoms with van der Waals surface area (Å²) in [5, 5.41) is 0. The second kappa shape index (κ2) is 6.10. The van der Waals surface area contributed by atoms with Gasteiger partial charge in [-0.15, -0.1) is 0 Å². The van der Waals surface area contributed by atoms with Gasteiger partial charge in [0.25, 0.3) is 0 Å². The number of carbonyl (C=O) groups is 2. The molecule has 1 heterocycles. The van der Waals surface area contributed by atoms with Crippen molar-refractivity contribution in [2.75, 3.05) is 6.61 Å². The average molecular weight is 224 g/mol. The van der Waals surface area contributed by atoms with E-state index in [9.17, 15) is 9.59 Å². The molecule has 0 amide bonds. The number of rotatable bonds is 6. The second-order valence-electron chi connectivity index (χ2n) is 3.56. The van der Waals surface area contributed by atoms with Gasteiger partial charge in [0.15, 0.2) is 11.5 Å². The highest BCUT2D eigenvalue weighted by Crippen LogP contribution is 2.10. The number of unbranched alkanes of at least 4 members (excludes halogenated alkanes) is 2. The van der Waals surface area contributed by atoms with Crippen LogP contribution in [-0.2, 0) is 4.74 Å². The highest BCUT2D eigenvalue weighted by molar-refractivity contribution is 5.93. The first-order valence-corrected chi connectivity index (χ1v) is 5.43. The molecule has 0 unspecified atom stereocenters. The van der Waals surface area contributed by atoms with Crippen molar-refractivity contribution in [3.05, 3.63) is 23.7 Å². The minimum atomic E-state index is -0.511. The first-order valence-electron chi connectivity index (χ1n) is 5.43. The summed E-state index contributed by atoms with van der Waals surface area (Å²) in [7, 11) is 0. The molecule has 1 aromatic heterocycles. The van der Waals surface area contributed by atoms with Gasteiger partial charge >= 0.3 is 5.97 Å². The van der Waals surface area contributed by atoms with Crippen molar-refractivity contribution in [1.82, 2.24) is 0 Å². The highest BCUT2D eigenvalue weighted by atomic mass is 16.5. The number of hydrogen-bond acceptors (Lipinski definition) is 4. The molecular formula is C12H16O4. The number of ether oxygens (including phenoxy) is 1. The molecule has 0 radical (unpaired) electrons. The van der Waals surface area contributed by atoms with Gasteiger partial charge in [-0.05, 0) is 18.6 Å². The van der Waals surface area contributed by atoms with Crippen molar-refractivity contribution in [3.63, 3.8) is 0 Å². The number of carbonyl (C=O) groups excluding carboxylic acids is 2. The van der Waals surface area contributed by atoms with Gasteiger partial charge in [0.1, 0.15) is 0 Å². The van der Waals surface area contributed by atoms with Crippen LogP contribution < -0.4 is 0 Å². The zero-order valence-electron chi connectivity index (χ0n) is 9.62. The standard InChI is InChI=1S/C12H16O4/c1-3-4-5-8-15-12(14)11-7-6-10(16-11)9(2)13/h6-7H,3-5,8H2,1-2H3. The number of ketones is 1. The Morgan fingerprint density at radius 2 is 1.94 bits per heavy atom. The fourth-order valence-corrected chi connectivity index (χ4v) is 1.22. The minimum absolute atomic E-state index is 0.0849. The molecule has 0 bridgehead atoms. The maximum Gasteiger partial charge on any atom is 0.374 e. The van der Waals surface area contributed by atoms with Gasteiger partial charge in [0, 0.05) is 6.92 Å². The van der Waals surface area contributed by atoms with Crippen LogP contribution in [-0.4, -0.2) is 18.4 Å². The van der Waals surface area contributed by atoms with Gasteiger partial charge in [0.2, 0.25) is 5.76 Å². The molecule has 0 aliphatic heterocycles. The monoisotopic (exact) mass is 224 g/mol. The Hall–Kier alpha value is -1.58. The smallest absolute Gasteiger partial charge is 0.374 e. The molecule has 0 aliphatic carbocycles. The third-order valence-electron chi connectivity index (χ3n) is 2.14. The summed E-state index contributed by atoms with van der Waals surface area (Å²) in [5.74, 6) is -0.448. The summed E-state index contributed by atoms with van der Waals surface area (Å²) in [6.45, 7) is 3.85. The van der Waals surface area contributed by atoms with Crippen LogP contribution in [0.2, 0.25) is 0 Å². The number of Topliss-reactive ketones (excluding diaryl/α,β-unsaturated/α-hetero) is 1. The van der Waals surface area contributed by atoms with Crippen molar-refractivity contribution >= 4 is 11.8 Å². The van der Waals surface area contributed by atoms with Gasteiger partial charge in [-0.2, -0.15) is 0 Å². The summed E-state index contributed by atoms with van der Waals surface area (Å²) in [6, 6.07) is 2.93. The normalized spacial score (nSPS) is 10.1. The Bertz CT molecular complexity index is 365. The molecule has 88 valence electrons. The molecule has 1 rings (SSSR count). The summed E-state index contributed by atoms with van der Waals surface area (Å²) >= 11 is 0. The molecule has 0 aliphatic rings. The van der Waals surface area contributed by atoms with Crippen molar-refractivity contribution in [3.8, 4) is 0 Å². The summed E-state index contributed by atoms with van der Waals surface area (Å²) < 4.78 is 10.0. The topological polar surface area (TPSA) is 56.5 Å². The van der Waals surface area contributed by atoms with Crippen LogP contribution in [0.25, 0.3) is 0 Å². The molecule has 0 aromatic carbocycles. The molecule has 0 spiro atoms. The lowest BCUT2D eigenvalue weighted by molar-refractivity contribution is 0.0460. The van der Waals surface area contributed by atoms with E-state index in [-0.39, 0.29) is 17.3 Å². The fraction of sp³-hybridized carbons (Fsp3) is 0.500. The zero-order valence-corrected chi connectivity index (χ0v) is 9.62. The number of furan rings is 1. The first kappa shape index (κ1) is 12.5. The van der Waals surface area contributed by atoms with E-state index in [1.54, 1.807) is 0 Å². The largest absolute Gasteiger partial charge is 0.460 e. The quantitative estimate of drug-likeness (QED) is 0.423. The lowest BCUT2D eigenvalue weighted by atomic mass is 10.3. The van der Waals surface area contributed by atoms with Crippen molar-refractivity contribution in [2.45, 2.75) is 33.1 Å². The average Bonchev–Trinajstić information content (AvgIpc) is 2.73. The Labute approximate surface area is 94.6 Å². The first-order chi connectivity index (χ1) is 7.65. The summed E-state index contributed by atoms with van der Waals surface area (Å²) in [5.41, 5.74) is 0. The van der Waals surface area contributed by atoms with E-state index in [1.807, 2.05) is 0 Å². The predicted molar refractivity (Wildman–Crippen MR) is 58.5 cm³/mol. The Morgan fingerprint density at radius 1 is 1.25 bits per heavy atom. The van der Waals surface area contributed by atoms with Gasteiger partial charge in [0.05, 0.1) is 6.61 Å². The van der Waals surface area contributed by atoms with Crippen LogP contribution in [0.1, 0.15) is 54.2 Å². The number of hydrogen-bond donors (Lipinski definition) is 0.